The monoisotopic (exact) mass is 414 g/mol. The number of alkyl carbamates (subject to hydrolysis) is 1. The molecule has 5 N–H and O–H groups in total. The van der Waals surface area contributed by atoms with E-state index >= 15 is 0 Å². The predicted molar refractivity (Wildman–Crippen MR) is 111 cm³/mol. The Balaban J connectivity index is 4.49. The zero-order valence-corrected chi connectivity index (χ0v) is 18.4. The summed E-state index contributed by atoms with van der Waals surface area (Å²) in [5.74, 6) is -1.50. The maximum Gasteiger partial charge on any atom is 0.407 e. The van der Waals surface area contributed by atoms with Gasteiger partial charge >= 0.3 is 6.09 Å². The number of carbonyl (C=O) groups is 4. The average Bonchev–Trinajstić information content (AvgIpc) is 2.57. The lowest BCUT2D eigenvalue weighted by Gasteiger charge is -2.22. The largest absolute Gasteiger partial charge is 0.444 e. The molecule has 29 heavy (non-hydrogen) atoms. The van der Waals surface area contributed by atoms with Gasteiger partial charge in [0.15, 0.2) is 0 Å². The molecule has 168 valence electrons. The summed E-state index contributed by atoms with van der Waals surface area (Å²) in [6, 6.07) is -1.48. The second-order valence-electron chi connectivity index (χ2n) is 8.25. The topological polar surface area (TPSA) is 140 Å². The lowest BCUT2D eigenvalue weighted by Crippen LogP contribution is -2.52. The molecular formula is C20H38N4O5. The van der Waals surface area contributed by atoms with Crippen LogP contribution in [-0.4, -0.2) is 48.0 Å². The van der Waals surface area contributed by atoms with Gasteiger partial charge in [-0.15, -0.1) is 0 Å². The normalized spacial score (nSPS) is 13.1. The summed E-state index contributed by atoms with van der Waals surface area (Å²) in [4.78, 5) is 47.5. The van der Waals surface area contributed by atoms with Gasteiger partial charge in [0.25, 0.3) is 0 Å². The fraction of sp³-hybridized carbons (Fsp3) is 0.800. The standard InChI is InChI=1S/C20H38N4O5/c1-6-7-8-9-10-11-17(26)24-15(12-16(21)25)18(27)23-14(2)13-22-19(28)29-20(3,4)5/h14-15H,6-13H2,1-5H3,(H2,21,25)(H,22,28)(H,23,27)(H,24,26)/t14-,15+/m0/s1. The fourth-order valence-electron chi connectivity index (χ4n) is 2.51. The van der Waals surface area contributed by atoms with Gasteiger partial charge in [0, 0.05) is 19.0 Å². The molecule has 0 fully saturated rings. The van der Waals surface area contributed by atoms with Gasteiger partial charge in [0.1, 0.15) is 11.6 Å². The van der Waals surface area contributed by atoms with Gasteiger partial charge in [-0.3, -0.25) is 14.4 Å². The number of nitrogens with two attached hydrogens (primary N) is 1. The van der Waals surface area contributed by atoms with Crippen molar-refractivity contribution in [3.8, 4) is 0 Å². The van der Waals surface area contributed by atoms with Gasteiger partial charge in [0.05, 0.1) is 6.42 Å². The minimum absolute atomic E-state index is 0.134. The van der Waals surface area contributed by atoms with E-state index in [4.69, 9.17) is 10.5 Å². The van der Waals surface area contributed by atoms with Crippen LogP contribution in [0.25, 0.3) is 0 Å². The number of hydrogen-bond donors (Lipinski definition) is 4. The summed E-state index contributed by atoms with van der Waals surface area (Å²) in [5, 5.41) is 7.79. The van der Waals surface area contributed by atoms with E-state index in [0.29, 0.717) is 6.42 Å². The lowest BCUT2D eigenvalue weighted by molar-refractivity contribution is -0.131. The van der Waals surface area contributed by atoms with Gasteiger partial charge in [0.2, 0.25) is 17.7 Å². The molecule has 0 saturated heterocycles. The Morgan fingerprint density at radius 1 is 1.00 bits per heavy atom. The van der Waals surface area contributed by atoms with Crippen molar-refractivity contribution >= 4 is 23.8 Å². The molecule has 0 rings (SSSR count). The van der Waals surface area contributed by atoms with Crippen molar-refractivity contribution in [1.82, 2.24) is 16.0 Å². The van der Waals surface area contributed by atoms with Crippen molar-refractivity contribution in [1.29, 1.82) is 0 Å². The molecule has 0 heterocycles. The molecule has 0 aliphatic rings. The van der Waals surface area contributed by atoms with Crippen molar-refractivity contribution in [2.75, 3.05) is 6.54 Å². The molecule has 0 saturated carbocycles. The first kappa shape index (κ1) is 26.7. The molecule has 0 aliphatic carbocycles. The highest BCUT2D eigenvalue weighted by Gasteiger charge is 2.24. The number of carbonyl (C=O) groups excluding carboxylic acids is 4. The summed E-state index contributed by atoms with van der Waals surface area (Å²) in [6.45, 7) is 9.18. The Morgan fingerprint density at radius 3 is 2.17 bits per heavy atom. The number of primary amides is 1. The van der Waals surface area contributed by atoms with Crippen LogP contribution in [-0.2, 0) is 19.1 Å². The minimum atomic E-state index is -1.04. The van der Waals surface area contributed by atoms with Crippen LogP contribution in [0.15, 0.2) is 0 Å². The highest BCUT2D eigenvalue weighted by Crippen LogP contribution is 2.07. The molecule has 0 aliphatic heterocycles. The first-order valence-electron chi connectivity index (χ1n) is 10.3. The molecular weight excluding hydrogens is 376 g/mol. The van der Waals surface area contributed by atoms with E-state index in [1.807, 2.05) is 0 Å². The molecule has 0 bridgehead atoms. The van der Waals surface area contributed by atoms with Crippen LogP contribution in [0.2, 0.25) is 0 Å². The van der Waals surface area contributed by atoms with E-state index in [1.165, 1.54) is 0 Å². The molecule has 0 unspecified atom stereocenters. The fourth-order valence-corrected chi connectivity index (χ4v) is 2.51. The van der Waals surface area contributed by atoms with Crippen LogP contribution >= 0.6 is 0 Å². The number of unbranched alkanes of at least 4 members (excludes halogenated alkanes) is 4. The smallest absolute Gasteiger partial charge is 0.407 e. The van der Waals surface area contributed by atoms with Gasteiger partial charge < -0.3 is 26.4 Å². The van der Waals surface area contributed by atoms with Crippen molar-refractivity contribution in [2.24, 2.45) is 5.73 Å². The van der Waals surface area contributed by atoms with Crippen molar-refractivity contribution in [3.63, 3.8) is 0 Å². The van der Waals surface area contributed by atoms with Crippen LogP contribution < -0.4 is 21.7 Å². The Kier molecular flexibility index (Phi) is 12.7. The third kappa shape index (κ3) is 15.3. The van der Waals surface area contributed by atoms with E-state index in [1.54, 1.807) is 27.7 Å². The quantitative estimate of drug-likeness (QED) is 0.340. The third-order valence-corrected chi connectivity index (χ3v) is 3.90. The molecule has 9 heteroatoms. The minimum Gasteiger partial charge on any atom is -0.444 e. The Bertz CT molecular complexity index is 545. The highest BCUT2D eigenvalue weighted by atomic mass is 16.6. The van der Waals surface area contributed by atoms with Gasteiger partial charge in [-0.2, -0.15) is 0 Å². The predicted octanol–water partition coefficient (Wildman–Crippen LogP) is 1.74. The Labute approximate surface area is 173 Å². The van der Waals surface area contributed by atoms with Crippen LogP contribution in [0, 0.1) is 0 Å². The van der Waals surface area contributed by atoms with E-state index in [0.717, 1.165) is 32.1 Å². The first-order chi connectivity index (χ1) is 13.4. The maximum atomic E-state index is 12.4. The Hall–Kier alpha value is -2.32. The molecule has 0 aromatic heterocycles. The molecule has 0 spiro atoms. The van der Waals surface area contributed by atoms with E-state index in [2.05, 4.69) is 22.9 Å². The summed E-state index contributed by atoms with van der Waals surface area (Å²) < 4.78 is 5.13. The molecule has 0 aromatic rings. The number of ether oxygens (including phenoxy) is 1. The Morgan fingerprint density at radius 2 is 1.62 bits per heavy atom. The van der Waals surface area contributed by atoms with Crippen LogP contribution in [0.5, 0.6) is 0 Å². The molecule has 4 amide bonds. The van der Waals surface area contributed by atoms with Gasteiger partial charge in [-0.25, -0.2) is 4.79 Å². The third-order valence-electron chi connectivity index (χ3n) is 3.90. The number of hydrogen-bond acceptors (Lipinski definition) is 5. The maximum absolute atomic E-state index is 12.4. The van der Waals surface area contributed by atoms with E-state index in [-0.39, 0.29) is 18.9 Å². The number of nitrogens with one attached hydrogen (secondary N) is 3. The van der Waals surface area contributed by atoms with E-state index < -0.39 is 35.6 Å². The molecule has 9 nitrogen and oxygen atoms in total. The second kappa shape index (κ2) is 13.8. The van der Waals surface area contributed by atoms with Gasteiger partial charge in [-0.1, -0.05) is 32.6 Å². The molecule has 0 radical (unpaired) electrons. The SMILES string of the molecule is CCCCCCCC(=O)N[C@H](CC(N)=O)C(=O)N[C@@H](C)CNC(=O)OC(C)(C)C. The summed E-state index contributed by atoms with van der Waals surface area (Å²) in [6.07, 6.45) is 4.40. The number of rotatable bonds is 13. The van der Waals surface area contributed by atoms with Crippen molar-refractivity contribution in [3.05, 3.63) is 0 Å². The highest BCUT2D eigenvalue weighted by molar-refractivity contribution is 5.91. The zero-order chi connectivity index (χ0) is 22.4. The van der Waals surface area contributed by atoms with Gasteiger partial charge in [-0.05, 0) is 34.1 Å². The summed E-state index contributed by atoms with van der Waals surface area (Å²) in [7, 11) is 0. The first-order valence-corrected chi connectivity index (χ1v) is 10.3. The van der Waals surface area contributed by atoms with Crippen molar-refractivity contribution < 1.29 is 23.9 Å². The molecule has 0 aromatic carbocycles. The zero-order valence-electron chi connectivity index (χ0n) is 18.4. The van der Waals surface area contributed by atoms with Crippen LogP contribution in [0.4, 0.5) is 4.79 Å². The van der Waals surface area contributed by atoms with Crippen molar-refractivity contribution in [2.45, 2.75) is 97.2 Å². The summed E-state index contributed by atoms with van der Waals surface area (Å²) >= 11 is 0. The number of amides is 4. The molecule has 2 atom stereocenters. The summed E-state index contributed by atoms with van der Waals surface area (Å²) in [5.41, 5.74) is 4.58. The lowest BCUT2D eigenvalue weighted by atomic mass is 10.1. The van der Waals surface area contributed by atoms with E-state index in [9.17, 15) is 19.2 Å². The van der Waals surface area contributed by atoms with Crippen LogP contribution in [0.3, 0.4) is 0 Å². The second-order valence-corrected chi connectivity index (χ2v) is 8.25. The average molecular weight is 415 g/mol. The van der Waals surface area contributed by atoms with Crippen LogP contribution in [0.1, 0.15) is 79.6 Å².